The number of likely N-dealkylation sites (N-methyl/N-ethyl adjacent to an activating group) is 1. The lowest BCUT2D eigenvalue weighted by Gasteiger charge is -2.33. The molecular formula is C20H28N6O. The Balaban J connectivity index is 1.39. The number of aromatic nitrogens is 4. The van der Waals surface area contributed by atoms with E-state index in [4.69, 9.17) is 4.98 Å². The average molecular weight is 368 g/mol. The van der Waals surface area contributed by atoms with E-state index >= 15 is 0 Å². The van der Waals surface area contributed by atoms with Crippen molar-refractivity contribution in [1.82, 2.24) is 29.5 Å². The molecule has 2 aromatic heterocycles. The molecule has 0 aliphatic carbocycles. The molecule has 1 fully saturated rings. The molecule has 1 atom stereocenters. The van der Waals surface area contributed by atoms with Crippen LogP contribution >= 0.6 is 0 Å². The first-order valence-corrected chi connectivity index (χ1v) is 9.85. The molecule has 0 saturated carbocycles. The van der Waals surface area contributed by atoms with Gasteiger partial charge >= 0.3 is 0 Å². The van der Waals surface area contributed by atoms with Gasteiger partial charge in [-0.15, -0.1) is 0 Å². The fourth-order valence-electron chi connectivity index (χ4n) is 4.18. The number of piperidine rings is 1. The van der Waals surface area contributed by atoms with Gasteiger partial charge in [-0.05, 0) is 39.8 Å². The molecule has 2 aliphatic rings. The Hall–Kier alpha value is -2.28. The first kappa shape index (κ1) is 18.1. The summed E-state index contributed by atoms with van der Waals surface area (Å²) in [6, 6.07) is 1.68. The molecule has 2 aromatic rings. The van der Waals surface area contributed by atoms with Gasteiger partial charge in [0, 0.05) is 67.9 Å². The van der Waals surface area contributed by atoms with Gasteiger partial charge in [0.15, 0.2) is 0 Å². The molecule has 4 heterocycles. The van der Waals surface area contributed by atoms with E-state index in [1.807, 2.05) is 31.0 Å². The van der Waals surface area contributed by atoms with Gasteiger partial charge < -0.3 is 9.80 Å². The highest BCUT2D eigenvalue weighted by atomic mass is 16.2. The minimum atomic E-state index is -0.256. The summed E-state index contributed by atoms with van der Waals surface area (Å²) in [6.45, 7) is 7.43. The van der Waals surface area contributed by atoms with E-state index in [9.17, 15) is 4.79 Å². The number of carbonyl (C=O) groups is 1. The van der Waals surface area contributed by atoms with Gasteiger partial charge in [0.2, 0.25) is 5.91 Å². The van der Waals surface area contributed by atoms with Crippen molar-refractivity contribution in [3.05, 3.63) is 41.2 Å². The maximum absolute atomic E-state index is 12.8. The van der Waals surface area contributed by atoms with Crippen molar-refractivity contribution in [3.8, 4) is 0 Å². The van der Waals surface area contributed by atoms with Crippen LogP contribution in [-0.4, -0.2) is 62.1 Å². The number of aryl methyl sites for hydroxylation is 1. The van der Waals surface area contributed by atoms with E-state index in [1.54, 1.807) is 10.9 Å². The van der Waals surface area contributed by atoms with Gasteiger partial charge in [0.05, 0.1) is 0 Å². The molecule has 1 amide bonds. The van der Waals surface area contributed by atoms with Gasteiger partial charge in [-0.2, -0.15) is 5.10 Å². The van der Waals surface area contributed by atoms with E-state index in [0.29, 0.717) is 5.92 Å². The third-order valence-electron chi connectivity index (χ3n) is 5.91. The fraction of sp³-hybridized carbons (Fsp3) is 0.600. The summed E-state index contributed by atoms with van der Waals surface area (Å²) in [6.07, 6.45) is 6.61. The molecule has 0 bridgehead atoms. The van der Waals surface area contributed by atoms with Crippen LogP contribution < -0.4 is 0 Å². The second-order valence-corrected chi connectivity index (χ2v) is 7.88. The number of nitrogens with zero attached hydrogens (tertiary/aromatic N) is 6. The van der Waals surface area contributed by atoms with E-state index < -0.39 is 0 Å². The third-order valence-corrected chi connectivity index (χ3v) is 5.91. The lowest BCUT2D eigenvalue weighted by molar-refractivity contribution is -0.135. The zero-order valence-electron chi connectivity index (χ0n) is 16.4. The Labute approximate surface area is 160 Å². The summed E-state index contributed by atoms with van der Waals surface area (Å²) in [5, 5.41) is 4.29. The number of hydrogen-bond donors (Lipinski definition) is 0. The molecule has 0 spiro atoms. The van der Waals surface area contributed by atoms with Crippen molar-refractivity contribution in [2.75, 3.05) is 26.7 Å². The molecule has 2 aliphatic heterocycles. The molecule has 0 N–H and O–H groups in total. The number of rotatable bonds is 3. The first-order chi connectivity index (χ1) is 13.0. The summed E-state index contributed by atoms with van der Waals surface area (Å²) < 4.78 is 1.80. The van der Waals surface area contributed by atoms with Crippen LogP contribution in [0, 0.1) is 6.92 Å². The van der Waals surface area contributed by atoms with Crippen LogP contribution in [0.5, 0.6) is 0 Å². The van der Waals surface area contributed by atoms with Gasteiger partial charge in [0.1, 0.15) is 11.9 Å². The van der Waals surface area contributed by atoms with Crippen LogP contribution in [-0.2, 0) is 17.8 Å². The van der Waals surface area contributed by atoms with E-state index in [-0.39, 0.29) is 11.9 Å². The van der Waals surface area contributed by atoms with Crippen LogP contribution in [0.3, 0.4) is 0 Å². The Morgan fingerprint density at radius 1 is 1.26 bits per heavy atom. The Bertz CT molecular complexity index is 824. The van der Waals surface area contributed by atoms with E-state index in [0.717, 1.165) is 57.0 Å². The molecule has 1 unspecified atom stereocenters. The minimum Gasteiger partial charge on any atom is -0.341 e. The molecule has 0 aromatic carbocycles. The zero-order valence-corrected chi connectivity index (χ0v) is 16.4. The van der Waals surface area contributed by atoms with Crippen LogP contribution in [0.2, 0.25) is 0 Å². The van der Waals surface area contributed by atoms with Gasteiger partial charge in [-0.3, -0.25) is 9.48 Å². The average Bonchev–Trinajstić information content (AvgIpc) is 3.12. The Kier molecular flexibility index (Phi) is 4.95. The molecule has 7 heteroatoms. The second-order valence-electron chi connectivity index (χ2n) is 7.88. The van der Waals surface area contributed by atoms with E-state index in [2.05, 4.69) is 22.0 Å². The van der Waals surface area contributed by atoms with Crippen LogP contribution in [0.15, 0.2) is 18.5 Å². The minimum absolute atomic E-state index is 0.148. The number of hydrogen-bond acceptors (Lipinski definition) is 5. The maximum atomic E-state index is 12.8. The number of fused-ring (bicyclic) bond motifs is 1. The molecule has 7 nitrogen and oxygen atoms in total. The van der Waals surface area contributed by atoms with Gasteiger partial charge in [-0.1, -0.05) is 0 Å². The number of amides is 1. The SMILES string of the molecule is Cc1ccnn1C(C)C(=O)N1CCC(c2ncc3c(n2)CCN(C)C3)CC1. The van der Waals surface area contributed by atoms with Crippen molar-refractivity contribution in [3.63, 3.8) is 0 Å². The summed E-state index contributed by atoms with van der Waals surface area (Å²) in [5.41, 5.74) is 3.47. The number of likely N-dealkylation sites (tertiary alicyclic amines) is 1. The molecule has 27 heavy (non-hydrogen) atoms. The molecule has 144 valence electrons. The number of carbonyl (C=O) groups excluding carboxylic acids is 1. The van der Waals surface area contributed by atoms with Crippen LogP contribution in [0.1, 0.15) is 54.5 Å². The third kappa shape index (κ3) is 3.60. The molecule has 4 rings (SSSR count). The smallest absolute Gasteiger partial charge is 0.247 e. The molecule has 0 radical (unpaired) electrons. The second kappa shape index (κ2) is 7.38. The lowest BCUT2D eigenvalue weighted by atomic mass is 9.95. The van der Waals surface area contributed by atoms with Crippen molar-refractivity contribution < 1.29 is 4.79 Å². The topological polar surface area (TPSA) is 67.2 Å². The molecular weight excluding hydrogens is 340 g/mol. The van der Waals surface area contributed by atoms with Crippen LogP contribution in [0.25, 0.3) is 0 Å². The largest absolute Gasteiger partial charge is 0.341 e. The van der Waals surface area contributed by atoms with Gasteiger partial charge in [-0.25, -0.2) is 9.97 Å². The lowest BCUT2D eigenvalue weighted by Crippen LogP contribution is -2.42. The first-order valence-electron chi connectivity index (χ1n) is 9.85. The fourth-order valence-corrected chi connectivity index (χ4v) is 4.18. The van der Waals surface area contributed by atoms with E-state index in [1.165, 1.54) is 11.3 Å². The maximum Gasteiger partial charge on any atom is 0.247 e. The Morgan fingerprint density at radius 3 is 2.74 bits per heavy atom. The van der Waals surface area contributed by atoms with Crippen molar-refractivity contribution in [2.24, 2.45) is 0 Å². The Morgan fingerprint density at radius 2 is 2.04 bits per heavy atom. The highest BCUT2D eigenvalue weighted by molar-refractivity contribution is 5.80. The summed E-state index contributed by atoms with van der Waals surface area (Å²) in [7, 11) is 2.13. The highest BCUT2D eigenvalue weighted by Crippen LogP contribution is 2.28. The molecule has 1 saturated heterocycles. The van der Waals surface area contributed by atoms with Crippen LogP contribution in [0.4, 0.5) is 0 Å². The van der Waals surface area contributed by atoms with Crippen molar-refractivity contribution >= 4 is 5.91 Å². The van der Waals surface area contributed by atoms with Gasteiger partial charge in [0.25, 0.3) is 0 Å². The summed E-state index contributed by atoms with van der Waals surface area (Å²) >= 11 is 0. The quantitative estimate of drug-likeness (QED) is 0.828. The summed E-state index contributed by atoms with van der Waals surface area (Å²) in [4.78, 5) is 26.6. The predicted molar refractivity (Wildman–Crippen MR) is 102 cm³/mol. The standard InChI is InChI=1S/C20H28N6O/c1-14-4-8-22-26(14)15(2)20(27)25-10-5-16(6-11-25)19-21-12-17-13-24(3)9-7-18(17)23-19/h4,8,12,15-16H,5-7,9-11,13H2,1-3H3. The highest BCUT2D eigenvalue weighted by Gasteiger charge is 2.29. The monoisotopic (exact) mass is 368 g/mol. The summed E-state index contributed by atoms with van der Waals surface area (Å²) in [5.74, 6) is 1.46. The normalized spacial score (nSPS) is 19.7. The zero-order chi connectivity index (χ0) is 19.0. The van der Waals surface area contributed by atoms with Crippen molar-refractivity contribution in [2.45, 2.75) is 51.6 Å². The van der Waals surface area contributed by atoms with Crippen molar-refractivity contribution in [1.29, 1.82) is 0 Å². The predicted octanol–water partition coefficient (Wildman–Crippen LogP) is 1.94.